The van der Waals surface area contributed by atoms with Gasteiger partial charge < -0.3 is 0 Å². The first kappa shape index (κ1) is 16.0. The summed E-state index contributed by atoms with van der Waals surface area (Å²) in [7, 11) is 0. The molecule has 1 aromatic heterocycles. The number of rotatable bonds is 5. The van der Waals surface area contributed by atoms with Crippen LogP contribution in [0.1, 0.15) is 29.8 Å². The molecule has 5 heteroatoms. The largest absolute Gasteiger partial charge is 0.298 e. The zero-order valence-electron chi connectivity index (χ0n) is 13.1. The molecule has 0 aliphatic rings. The second-order valence-corrected chi connectivity index (χ2v) is 7.42. The van der Waals surface area contributed by atoms with Gasteiger partial charge in [-0.2, -0.15) is 0 Å². The van der Waals surface area contributed by atoms with Crippen LogP contribution in [-0.2, 0) is 6.42 Å². The first-order valence-electron chi connectivity index (χ1n) is 7.64. The number of carbonyl (C=O) groups is 1. The average molecular weight is 342 g/mol. The summed E-state index contributed by atoms with van der Waals surface area (Å²) in [5, 5.41) is 3.58. The number of aryl methyl sites for hydroxylation is 1. The smallest absolute Gasteiger partial charge is 0.257 e. The third kappa shape index (κ3) is 3.57. The van der Waals surface area contributed by atoms with Gasteiger partial charge in [-0.3, -0.25) is 10.1 Å². The van der Waals surface area contributed by atoms with E-state index in [9.17, 15) is 4.79 Å². The summed E-state index contributed by atoms with van der Waals surface area (Å²) < 4.78 is 1.11. The van der Waals surface area contributed by atoms with Gasteiger partial charge in [0.05, 0.1) is 10.2 Å². The molecule has 3 aromatic rings. The topological polar surface area (TPSA) is 42.0 Å². The van der Waals surface area contributed by atoms with Crippen molar-refractivity contribution in [3.8, 4) is 0 Å². The second-order valence-electron chi connectivity index (χ2n) is 5.05. The highest BCUT2D eigenvalue weighted by Crippen LogP contribution is 2.29. The molecule has 0 saturated carbocycles. The summed E-state index contributed by atoms with van der Waals surface area (Å²) >= 11 is 3.24. The summed E-state index contributed by atoms with van der Waals surface area (Å²) in [5.41, 5.74) is 2.87. The van der Waals surface area contributed by atoms with E-state index in [-0.39, 0.29) is 5.91 Å². The Bertz CT molecular complexity index is 842. The molecule has 118 valence electrons. The minimum absolute atomic E-state index is 0.111. The molecular formula is C18H18N2OS2. The van der Waals surface area contributed by atoms with Crippen LogP contribution in [0.2, 0.25) is 0 Å². The van der Waals surface area contributed by atoms with Crippen molar-refractivity contribution in [3.63, 3.8) is 0 Å². The van der Waals surface area contributed by atoms with Crippen LogP contribution >= 0.6 is 23.1 Å². The second kappa shape index (κ2) is 7.15. The Morgan fingerprint density at radius 3 is 2.83 bits per heavy atom. The molecule has 23 heavy (non-hydrogen) atoms. The van der Waals surface area contributed by atoms with E-state index < -0.39 is 0 Å². The number of fused-ring (bicyclic) bond motifs is 1. The normalized spacial score (nSPS) is 10.9. The Morgan fingerprint density at radius 1 is 1.22 bits per heavy atom. The fourth-order valence-corrected chi connectivity index (χ4v) is 4.03. The standard InChI is InChI=1S/C18H18N2OS2/c1-3-12-7-6-10-15-16(12)19-18(23-15)20-17(21)13-8-5-9-14(11-13)22-4-2/h5-11H,3-4H2,1-2H3,(H,19,20,21). The van der Waals surface area contributed by atoms with Crippen LogP contribution in [0.3, 0.4) is 0 Å². The van der Waals surface area contributed by atoms with Gasteiger partial charge in [0.1, 0.15) is 0 Å². The maximum Gasteiger partial charge on any atom is 0.257 e. The van der Waals surface area contributed by atoms with Gasteiger partial charge in [0.15, 0.2) is 5.13 Å². The van der Waals surface area contributed by atoms with Crippen molar-refractivity contribution >= 4 is 44.4 Å². The molecule has 0 atom stereocenters. The number of nitrogens with zero attached hydrogens (tertiary/aromatic N) is 1. The number of hydrogen-bond acceptors (Lipinski definition) is 4. The number of para-hydroxylation sites is 1. The van der Waals surface area contributed by atoms with E-state index in [0.29, 0.717) is 10.7 Å². The Kier molecular flexibility index (Phi) is 4.98. The van der Waals surface area contributed by atoms with Crippen LogP contribution in [0, 0.1) is 0 Å². The third-order valence-corrected chi connectivity index (χ3v) is 5.32. The molecule has 1 N–H and O–H groups in total. The molecule has 1 heterocycles. The van der Waals surface area contributed by atoms with Crippen molar-refractivity contribution in [1.29, 1.82) is 0 Å². The Morgan fingerprint density at radius 2 is 2.04 bits per heavy atom. The molecule has 0 aliphatic carbocycles. The van der Waals surface area contributed by atoms with Gasteiger partial charge in [-0.15, -0.1) is 11.8 Å². The number of aromatic nitrogens is 1. The molecule has 0 fully saturated rings. The van der Waals surface area contributed by atoms with Crippen LogP contribution in [0.15, 0.2) is 47.4 Å². The molecule has 1 amide bonds. The fraction of sp³-hybridized carbons (Fsp3) is 0.222. The number of hydrogen-bond donors (Lipinski definition) is 1. The highest BCUT2D eigenvalue weighted by molar-refractivity contribution is 7.99. The van der Waals surface area contributed by atoms with E-state index >= 15 is 0 Å². The number of thiazole rings is 1. The molecule has 3 rings (SSSR count). The first-order chi connectivity index (χ1) is 11.2. The molecule has 2 aromatic carbocycles. The highest BCUT2D eigenvalue weighted by atomic mass is 32.2. The monoisotopic (exact) mass is 342 g/mol. The maximum absolute atomic E-state index is 12.4. The van der Waals surface area contributed by atoms with Crippen molar-refractivity contribution in [1.82, 2.24) is 4.98 Å². The van der Waals surface area contributed by atoms with Crippen LogP contribution in [0.25, 0.3) is 10.2 Å². The average Bonchev–Trinajstić information content (AvgIpc) is 2.97. The van der Waals surface area contributed by atoms with Gasteiger partial charge >= 0.3 is 0 Å². The van der Waals surface area contributed by atoms with Crippen molar-refractivity contribution in [2.45, 2.75) is 25.2 Å². The van der Waals surface area contributed by atoms with Gasteiger partial charge in [-0.25, -0.2) is 4.98 Å². The minimum Gasteiger partial charge on any atom is -0.298 e. The number of anilines is 1. The van der Waals surface area contributed by atoms with Gasteiger partial charge in [0.25, 0.3) is 5.91 Å². The molecule has 0 bridgehead atoms. The Hall–Kier alpha value is -1.85. The summed E-state index contributed by atoms with van der Waals surface area (Å²) in [6.07, 6.45) is 0.935. The van der Waals surface area contributed by atoms with E-state index in [1.54, 1.807) is 11.8 Å². The molecule has 0 unspecified atom stereocenters. The number of benzene rings is 2. The zero-order chi connectivity index (χ0) is 16.2. The van der Waals surface area contributed by atoms with Crippen molar-refractivity contribution in [3.05, 3.63) is 53.6 Å². The lowest BCUT2D eigenvalue weighted by atomic mass is 10.1. The highest BCUT2D eigenvalue weighted by Gasteiger charge is 2.12. The SMILES string of the molecule is CCSc1cccc(C(=O)Nc2nc3c(CC)cccc3s2)c1. The number of amides is 1. The Labute approximate surface area is 144 Å². The third-order valence-electron chi connectivity index (χ3n) is 3.51. The summed E-state index contributed by atoms with van der Waals surface area (Å²) in [6, 6.07) is 13.9. The zero-order valence-corrected chi connectivity index (χ0v) is 14.8. The van der Waals surface area contributed by atoms with Gasteiger partial charge in [-0.05, 0) is 42.0 Å². The number of thioether (sulfide) groups is 1. The maximum atomic E-state index is 12.4. The molecule has 0 aliphatic heterocycles. The quantitative estimate of drug-likeness (QED) is 0.646. The van der Waals surface area contributed by atoms with Crippen LogP contribution < -0.4 is 5.32 Å². The van der Waals surface area contributed by atoms with E-state index in [1.165, 1.54) is 16.9 Å². The first-order valence-corrected chi connectivity index (χ1v) is 9.44. The van der Waals surface area contributed by atoms with Crippen LogP contribution in [0.5, 0.6) is 0 Å². The van der Waals surface area contributed by atoms with E-state index in [4.69, 9.17) is 0 Å². The van der Waals surface area contributed by atoms with E-state index in [1.807, 2.05) is 36.4 Å². The molecule has 0 radical (unpaired) electrons. The van der Waals surface area contributed by atoms with Crippen molar-refractivity contribution in [2.24, 2.45) is 0 Å². The minimum atomic E-state index is -0.111. The molecular weight excluding hydrogens is 324 g/mol. The lowest BCUT2D eigenvalue weighted by molar-refractivity contribution is 0.102. The predicted molar refractivity (Wildman–Crippen MR) is 99.8 cm³/mol. The van der Waals surface area contributed by atoms with E-state index in [0.717, 1.165) is 27.3 Å². The lowest BCUT2D eigenvalue weighted by Gasteiger charge is -2.04. The van der Waals surface area contributed by atoms with Crippen molar-refractivity contribution < 1.29 is 4.79 Å². The summed E-state index contributed by atoms with van der Waals surface area (Å²) in [4.78, 5) is 18.1. The molecule has 3 nitrogen and oxygen atoms in total. The summed E-state index contributed by atoms with van der Waals surface area (Å²) in [6.45, 7) is 4.22. The van der Waals surface area contributed by atoms with Gasteiger partial charge in [0, 0.05) is 10.5 Å². The Balaban J connectivity index is 1.84. The lowest BCUT2D eigenvalue weighted by Crippen LogP contribution is -2.11. The number of nitrogens with one attached hydrogen (secondary N) is 1. The van der Waals surface area contributed by atoms with Gasteiger partial charge in [-0.1, -0.05) is 43.4 Å². The van der Waals surface area contributed by atoms with Crippen LogP contribution in [0.4, 0.5) is 5.13 Å². The predicted octanol–water partition coefficient (Wildman–Crippen LogP) is 5.22. The van der Waals surface area contributed by atoms with Crippen molar-refractivity contribution in [2.75, 3.05) is 11.1 Å². The van der Waals surface area contributed by atoms with E-state index in [2.05, 4.69) is 30.2 Å². The summed E-state index contributed by atoms with van der Waals surface area (Å²) in [5.74, 6) is 0.878. The number of carbonyl (C=O) groups excluding carboxylic acids is 1. The molecule has 0 saturated heterocycles. The fourth-order valence-electron chi connectivity index (χ4n) is 2.41. The molecule has 0 spiro atoms. The van der Waals surface area contributed by atoms with Crippen LogP contribution in [-0.4, -0.2) is 16.6 Å². The van der Waals surface area contributed by atoms with Gasteiger partial charge in [0.2, 0.25) is 0 Å².